The van der Waals surface area contributed by atoms with Crippen LogP contribution in [0.25, 0.3) is 0 Å². The number of benzene rings is 1. The SMILES string of the molecule is CCCCC1=CC(c2ccccc2)OC=C1. The van der Waals surface area contributed by atoms with E-state index < -0.39 is 0 Å². The highest BCUT2D eigenvalue weighted by molar-refractivity contribution is 5.29. The van der Waals surface area contributed by atoms with E-state index in [1.54, 1.807) is 0 Å². The fourth-order valence-electron chi connectivity index (χ4n) is 1.87. The minimum absolute atomic E-state index is 0.0954. The van der Waals surface area contributed by atoms with E-state index in [-0.39, 0.29) is 6.10 Å². The normalized spacial score (nSPS) is 19.1. The van der Waals surface area contributed by atoms with Gasteiger partial charge in [-0.05, 0) is 36.1 Å². The Bertz CT molecular complexity index is 376. The first-order valence-corrected chi connectivity index (χ1v) is 5.98. The Morgan fingerprint density at radius 1 is 1.19 bits per heavy atom. The lowest BCUT2D eigenvalue weighted by molar-refractivity contribution is 0.184. The molecule has 1 nitrogen and oxygen atoms in total. The maximum absolute atomic E-state index is 5.62. The van der Waals surface area contributed by atoms with Crippen LogP contribution in [0.5, 0.6) is 0 Å². The van der Waals surface area contributed by atoms with E-state index in [1.807, 2.05) is 12.3 Å². The molecule has 0 saturated heterocycles. The summed E-state index contributed by atoms with van der Waals surface area (Å²) >= 11 is 0. The molecule has 0 aromatic heterocycles. The van der Waals surface area contributed by atoms with Gasteiger partial charge in [-0.2, -0.15) is 0 Å². The molecular formula is C15H18O. The second kappa shape index (κ2) is 5.55. The molecule has 84 valence electrons. The number of allylic oxidation sites excluding steroid dienone is 2. The average molecular weight is 214 g/mol. The van der Waals surface area contributed by atoms with Crippen LogP contribution in [0.15, 0.2) is 54.3 Å². The molecule has 0 spiro atoms. The molecule has 2 rings (SSSR count). The first kappa shape index (κ1) is 11.0. The van der Waals surface area contributed by atoms with Gasteiger partial charge in [0.05, 0.1) is 6.26 Å². The molecule has 0 N–H and O–H groups in total. The number of hydrogen-bond acceptors (Lipinski definition) is 1. The summed E-state index contributed by atoms with van der Waals surface area (Å²) in [6.45, 7) is 2.22. The van der Waals surface area contributed by atoms with Crippen LogP contribution in [-0.4, -0.2) is 0 Å². The first-order valence-electron chi connectivity index (χ1n) is 5.98. The van der Waals surface area contributed by atoms with Gasteiger partial charge >= 0.3 is 0 Å². The summed E-state index contributed by atoms with van der Waals surface area (Å²) in [4.78, 5) is 0. The molecule has 1 atom stereocenters. The van der Waals surface area contributed by atoms with Crippen LogP contribution in [0, 0.1) is 0 Å². The Kier molecular flexibility index (Phi) is 3.81. The fourth-order valence-corrected chi connectivity index (χ4v) is 1.87. The molecule has 0 fully saturated rings. The largest absolute Gasteiger partial charge is 0.489 e. The molecule has 0 saturated carbocycles. The third kappa shape index (κ3) is 2.75. The van der Waals surface area contributed by atoms with E-state index in [2.05, 4.69) is 43.3 Å². The molecule has 1 heteroatoms. The van der Waals surface area contributed by atoms with Crippen LogP contribution in [-0.2, 0) is 4.74 Å². The van der Waals surface area contributed by atoms with E-state index >= 15 is 0 Å². The van der Waals surface area contributed by atoms with E-state index in [1.165, 1.54) is 24.0 Å². The molecular weight excluding hydrogens is 196 g/mol. The van der Waals surface area contributed by atoms with Crippen molar-refractivity contribution in [3.63, 3.8) is 0 Å². The topological polar surface area (TPSA) is 9.23 Å². The lowest BCUT2D eigenvalue weighted by Gasteiger charge is -2.18. The summed E-state index contributed by atoms with van der Waals surface area (Å²) in [6.07, 6.45) is 9.86. The third-order valence-corrected chi connectivity index (χ3v) is 2.82. The van der Waals surface area contributed by atoms with E-state index in [9.17, 15) is 0 Å². The predicted octanol–water partition coefficient (Wildman–Crippen LogP) is 4.39. The molecule has 0 bridgehead atoms. The lowest BCUT2D eigenvalue weighted by atomic mass is 10.0. The van der Waals surface area contributed by atoms with E-state index in [0.717, 1.165) is 6.42 Å². The minimum atomic E-state index is 0.0954. The zero-order valence-electron chi connectivity index (χ0n) is 9.73. The highest BCUT2D eigenvalue weighted by Crippen LogP contribution is 2.26. The zero-order chi connectivity index (χ0) is 11.2. The van der Waals surface area contributed by atoms with Crippen LogP contribution < -0.4 is 0 Å². The molecule has 16 heavy (non-hydrogen) atoms. The van der Waals surface area contributed by atoms with Crippen molar-refractivity contribution in [3.8, 4) is 0 Å². The summed E-state index contributed by atoms with van der Waals surface area (Å²) < 4.78 is 5.62. The van der Waals surface area contributed by atoms with Gasteiger partial charge in [0, 0.05) is 0 Å². The van der Waals surface area contributed by atoms with Gasteiger partial charge in [-0.15, -0.1) is 0 Å². The fraction of sp³-hybridized carbons (Fsp3) is 0.333. The number of hydrogen-bond donors (Lipinski definition) is 0. The molecule has 0 amide bonds. The maximum Gasteiger partial charge on any atom is 0.142 e. The van der Waals surface area contributed by atoms with E-state index in [0.29, 0.717) is 0 Å². The van der Waals surface area contributed by atoms with Crippen LogP contribution in [0.4, 0.5) is 0 Å². The van der Waals surface area contributed by atoms with Crippen LogP contribution in [0.3, 0.4) is 0 Å². The zero-order valence-corrected chi connectivity index (χ0v) is 9.73. The van der Waals surface area contributed by atoms with Gasteiger partial charge in [-0.1, -0.05) is 43.7 Å². The molecule has 1 heterocycles. The lowest BCUT2D eigenvalue weighted by Crippen LogP contribution is -2.02. The van der Waals surface area contributed by atoms with Gasteiger partial charge in [0.1, 0.15) is 6.10 Å². The number of ether oxygens (including phenoxy) is 1. The summed E-state index contributed by atoms with van der Waals surface area (Å²) in [6, 6.07) is 10.4. The Balaban J connectivity index is 2.07. The van der Waals surface area contributed by atoms with Crippen molar-refractivity contribution in [2.45, 2.75) is 32.3 Å². The minimum Gasteiger partial charge on any atom is -0.489 e. The average Bonchev–Trinajstić information content (AvgIpc) is 2.38. The van der Waals surface area contributed by atoms with Gasteiger partial charge in [-0.25, -0.2) is 0 Å². The number of rotatable bonds is 4. The molecule has 1 aromatic rings. The molecule has 1 aliphatic heterocycles. The highest BCUT2D eigenvalue weighted by atomic mass is 16.5. The van der Waals surface area contributed by atoms with Crippen molar-refractivity contribution in [2.75, 3.05) is 0 Å². The van der Waals surface area contributed by atoms with Crippen molar-refractivity contribution in [1.82, 2.24) is 0 Å². The second-order valence-corrected chi connectivity index (χ2v) is 4.12. The standard InChI is InChI=1S/C15H18O/c1-2-3-7-13-10-11-16-15(12-13)14-8-5-4-6-9-14/h4-6,8-12,15H,2-3,7H2,1H3. The number of unbranched alkanes of at least 4 members (excludes halogenated alkanes) is 1. The van der Waals surface area contributed by atoms with E-state index in [4.69, 9.17) is 4.74 Å². The van der Waals surface area contributed by atoms with Gasteiger partial charge < -0.3 is 4.74 Å². The third-order valence-electron chi connectivity index (χ3n) is 2.82. The Morgan fingerprint density at radius 3 is 2.75 bits per heavy atom. The molecule has 1 unspecified atom stereocenters. The quantitative estimate of drug-likeness (QED) is 0.722. The van der Waals surface area contributed by atoms with Crippen molar-refractivity contribution >= 4 is 0 Å². The highest BCUT2D eigenvalue weighted by Gasteiger charge is 2.11. The maximum atomic E-state index is 5.62. The second-order valence-electron chi connectivity index (χ2n) is 4.12. The summed E-state index contributed by atoms with van der Waals surface area (Å²) in [5.74, 6) is 0. The Hall–Kier alpha value is -1.50. The predicted molar refractivity (Wildman–Crippen MR) is 67.0 cm³/mol. The first-order chi connectivity index (χ1) is 7.90. The van der Waals surface area contributed by atoms with Crippen molar-refractivity contribution in [1.29, 1.82) is 0 Å². The molecule has 0 radical (unpaired) electrons. The smallest absolute Gasteiger partial charge is 0.142 e. The van der Waals surface area contributed by atoms with Crippen LogP contribution >= 0.6 is 0 Å². The molecule has 1 aliphatic rings. The van der Waals surface area contributed by atoms with Gasteiger partial charge in [0.15, 0.2) is 0 Å². The van der Waals surface area contributed by atoms with Gasteiger partial charge in [-0.3, -0.25) is 0 Å². The van der Waals surface area contributed by atoms with Crippen LogP contribution in [0.1, 0.15) is 37.9 Å². The van der Waals surface area contributed by atoms with Gasteiger partial charge in [0.25, 0.3) is 0 Å². The summed E-state index contributed by atoms with van der Waals surface area (Å²) in [5.41, 5.74) is 2.61. The summed E-state index contributed by atoms with van der Waals surface area (Å²) in [5, 5.41) is 0. The molecule has 1 aromatic carbocycles. The Morgan fingerprint density at radius 2 is 2.00 bits per heavy atom. The summed E-state index contributed by atoms with van der Waals surface area (Å²) in [7, 11) is 0. The monoisotopic (exact) mass is 214 g/mol. The Labute approximate surface area is 97.4 Å². The van der Waals surface area contributed by atoms with Crippen molar-refractivity contribution in [3.05, 3.63) is 59.9 Å². The van der Waals surface area contributed by atoms with Crippen molar-refractivity contribution < 1.29 is 4.74 Å². The van der Waals surface area contributed by atoms with Crippen LogP contribution in [0.2, 0.25) is 0 Å². The van der Waals surface area contributed by atoms with Gasteiger partial charge in [0.2, 0.25) is 0 Å². The van der Waals surface area contributed by atoms with Crippen molar-refractivity contribution in [2.24, 2.45) is 0 Å². The molecule has 0 aliphatic carbocycles.